The number of likely N-dealkylation sites (N-methyl/N-ethyl adjacent to an activating group) is 1. The van der Waals surface area contributed by atoms with Crippen LogP contribution in [-0.2, 0) is 72.7 Å². The molecule has 3 aromatic carbocycles. The number of hydrogen-bond acceptors (Lipinski definition) is 23. The van der Waals surface area contributed by atoms with Gasteiger partial charge in [0, 0.05) is 119 Å². The highest BCUT2D eigenvalue weighted by Gasteiger charge is 2.51. The number of anilines is 2. The highest BCUT2D eigenvalue weighted by molar-refractivity contribution is 7.70. The SMILES string of the molecule is CCC(=O)OCOC(=O)N[C@@H](CCC(=O)Nc1ccc(CC(P(=O)(O)O)P(=O)(O)O)cc1)C(=O)N(C)CC(=O)O[C@@H]1[C@@H](C)[C@@H](O)[C@@H](C)[C@H](OC(C)=O)[C@H](C)[C@@H](OC)/C=C/O[C@@]2(C)Oc3c(C)c(O)c4c(O)c(c5c(c4c3C2=O)NC2(CCN(CC(C)C)CC2)N=5)=NC(=O)/C(C)=C\C=C\[C@@H]1C. The molecule has 1 spiro atoms. The van der Waals surface area contributed by atoms with E-state index in [1.54, 1.807) is 33.8 Å². The fourth-order valence-electron chi connectivity index (χ4n) is 12.7. The molecule has 31 nitrogen and oxygen atoms in total. The maximum Gasteiger partial charge on any atom is 0.410 e. The van der Waals surface area contributed by atoms with E-state index in [-0.39, 0.29) is 67.3 Å². The second-order valence-electron chi connectivity index (χ2n) is 26.4. The summed E-state index contributed by atoms with van der Waals surface area (Å²) < 4.78 is 64.1. The summed E-state index contributed by atoms with van der Waals surface area (Å²) in [5.74, 6) is -12.3. The van der Waals surface area contributed by atoms with Crippen molar-refractivity contribution in [2.75, 3.05) is 57.8 Å². The number of allylic oxidation sites excluding steroid dienone is 2. The first-order chi connectivity index (χ1) is 46.7. The zero-order valence-electron chi connectivity index (χ0n) is 58.1. The van der Waals surface area contributed by atoms with Gasteiger partial charge in [0.05, 0.1) is 35.1 Å². The number of ketones is 1. The molecule has 100 heavy (non-hydrogen) atoms. The lowest BCUT2D eigenvalue weighted by molar-refractivity contribution is -0.167. The Balaban J connectivity index is 1.22. The van der Waals surface area contributed by atoms with Crippen molar-refractivity contribution in [2.24, 2.45) is 39.6 Å². The number of rotatable bonds is 20. The Kier molecular flexibility index (Phi) is 25.9. The summed E-state index contributed by atoms with van der Waals surface area (Å²) >= 11 is 0. The zero-order chi connectivity index (χ0) is 74.3. The lowest BCUT2D eigenvalue weighted by atomic mass is 9.78. The number of esters is 3. The Bertz CT molecular complexity index is 3930. The van der Waals surface area contributed by atoms with Crippen LogP contribution in [0.1, 0.15) is 123 Å². The van der Waals surface area contributed by atoms with Crippen LogP contribution in [0.3, 0.4) is 0 Å². The largest absolute Gasteiger partial charge is 0.507 e. The number of likely N-dealkylation sites (tertiary alicyclic amines) is 1. The minimum atomic E-state index is -5.25. The fraction of sp³-hybridized carbons (Fsp3) is 0.552. The minimum Gasteiger partial charge on any atom is -0.507 e. The van der Waals surface area contributed by atoms with Gasteiger partial charge < -0.3 is 93.8 Å². The van der Waals surface area contributed by atoms with E-state index in [4.69, 9.17) is 38.2 Å². The average Bonchev–Trinajstić information content (AvgIpc) is 1.52. The summed E-state index contributed by atoms with van der Waals surface area (Å²) in [6.45, 7) is 18.1. The molecule has 0 radical (unpaired) electrons. The molecule has 0 unspecified atom stereocenters. The van der Waals surface area contributed by atoms with Gasteiger partial charge in [0.2, 0.25) is 18.6 Å². The molecule has 1 fully saturated rings. The lowest BCUT2D eigenvalue weighted by Crippen LogP contribution is -2.50. The molecular formula is C67H91N7O24P2. The fourth-order valence-corrected chi connectivity index (χ4v) is 15.2. The van der Waals surface area contributed by atoms with Crippen LogP contribution in [0, 0.1) is 36.5 Å². The number of methoxy groups -OCH3 is 1. The van der Waals surface area contributed by atoms with E-state index in [9.17, 15) is 77.6 Å². The standard InChI is InChI=1S/C67H91N7O24P2/c1-14-47(77)93-33-94-65(85)69-44(22-23-46(76)68-43-20-18-42(19-21-43)30-49(99(86,87)88)100(89,90)91)64(84)73(12)32-48(78)97-59-35(4)16-15-17-36(5)63(83)70-55-54-53(71-67(72-54)25-27-74(28-26-67)31-34(2)3)50-51(58(55)81)57(80)40(9)61-52(50)62(82)66(11,98-61)95-29-24-45(92-13)37(6)60(96-41(10)75)39(8)56(79)38(59)7/h15-21,24,29,34-35,37-39,44-45,49,56,59-60,71,79-81H,14,22-23,25-28,30-33H2,1-13H3,(H,68,76)(H,69,85)(H2,86,87,88)(H2,89,90,91)/b16-15+,29-24+,36-17-,70-55?/t35-,37+,38-,39+,44-,45-,56+,59-,60+,66-/m0/s1. The van der Waals surface area contributed by atoms with Gasteiger partial charge in [-0.15, -0.1) is 0 Å². The Morgan fingerprint density at radius 3 is 2.11 bits per heavy atom. The molecule has 4 amide bonds. The van der Waals surface area contributed by atoms with Crippen LogP contribution in [-0.4, -0.2) is 187 Å². The van der Waals surface area contributed by atoms with Gasteiger partial charge in [-0.05, 0) is 56.4 Å². The molecule has 548 valence electrons. The smallest absolute Gasteiger partial charge is 0.410 e. The van der Waals surface area contributed by atoms with E-state index in [1.165, 1.54) is 97.5 Å². The summed E-state index contributed by atoms with van der Waals surface area (Å²) in [4.78, 5) is 160. The number of hydrogen-bond donors (Lipinski definition) is 10. The molecule has 33 heteroatoms. The zero-order valence-corrected chi connectivity index (χ0v) is 59.9. The van der Waals surface area contributed by atoms with Crippen molar-refractivity contribution in [2.45, 2.75) is 162 Å². The summed E-state index contributed by atoms with van der Waals surface area (Å²) in [5.41, 5.74) is -0.486. The van der Waals surface area contributed by atoms with Crippen LogP contribution < -0.4 is 31.4 Å². The number of aliphatic hydroxyl groups excluding tert-OH is 1. The molecule has 5 aliphatic rings. The van der Waals surface area contributed by atoms with Crippen LogP contribution in [0.2, 0.25) is 0 Å². The minimum absolute atomic E-state index is 0.0219. The van der Waals surface area contributed by atoms with E-state index in [1.807, 2.05) is 0 Å². The number of Topliss-reactive ketones (excluding diaryl/α,β-unsaturated/α-hetero) is 1. The number of alkyl carbamates (subject to hydrolysis) is 1. The molecule has 3 aromatic rings. The van der Waals surface area contributed by atoms with Gasteiger partial charge in [-0.3, -0.25) is 47.7 Å². The third-order valence-electron chi connectivity index (χ3n) is 18.3. The van der Waals surface area contributed by atoms with Crippen LogP contribution in [0.4, 0.5) is 16.2 Å². The normalized spacial score (nSPS) is 24.9. The maximum atomic E-state index is 15.0. The monoisotopic (exact) mass is 1440 g/mol. The molecular weight excluding hydrogens is 1350 g/mol. The Labute approximate surface area is 577 Å². The number of piperidine rings is 1. The number of benzene rings is 3. The van der Waals surface area contributed by atoms with Crippen LogP contribution in [0.25, 0.3) is 10.8 Å². The van der Waals surface area contributed by atoms with Crippen molar-refractivity contribution >= 4 is 84.8 Å². The Morgan fingerprint density at radius 1 is 0.870 bits per heavy atom. The molecule has 10 atom stereocenters. The summed E-state index contributed by atoms with van der Waals surface area (Å²) in [7, 11) is -7.94. The van der Waals surface area contributed by atoms with E-state index >= 15 is 4.79 Å². The number of nitrogens with zero attached hydrogens (tertiary/aromatic N) is 4. The van der Waals surface area contributed by atoms with Crippen LogP contribution in [0.5, 0.6) is 17.2 Å². The number of nitrogens with one attached hydrogen (secondary N) is 3. The van der Waals surface area contributed by atoms with E-state index in [0.717, 1.165) is 11.4 Å². The summed E-state index contributed by atoms with van der Waals surface area (Å²) in [6.07, 6.45) is 0.186. The van der Waals surface area contributed by atoms with Crippen molar-refractivity contribution in [1.82, 2.24) is 15.1 Å². The topological polar surface area (TPSA) is 444 Å². The van der Waals surface area contributed by atoms with Crippen molar-refractivity contribution in [3.05, 3.63) is 87.8 Å². The van der Waals surface area contributed by atoms with Crippen LogP contribution >= 0.6 is 15.2 Å². The predicted molar refractivity (Wildman–Crippen MR) is 360 cm³/mol. The molecule has 1 saturated heterocycles. The molecule has 5 bridgehead atoms. The molecule has 0 aromatic heterocycles. The first-order valence-corrected chi connectivity index (χ1v) is 36.0. The van der Waals surface area contributed by atoms with Gasteiger partial charge in [0.15, 0.2) is 11.1 Å². The highest BCUT2D eigenvalue weighted by atomic mass is 31.2. The van der Waals surface area contributed by atoms with E-state index in [2.05, 4.69) is 39.7 Å². The van der Waals surface area contributed by atoms with Gasteiger partial charge in [0.25, 0.3) is 11.7 Å². The first-order valence-electron chi connectivity index (χ1n) is 32.7. The number of carbonyl (C=O) groups excluding carboxylic acids is 8. The molecule has 5 heterocycles. The summed E-state index contributed by atoms with van der Waals surface area (Å²) in [6, 6.07) is 3.52. The quantitative estimate of drug-likeness (QED) is 0.0222. The number of phenolic OH excluding ortho intramolecular Hbond substituents is 2. The van der Waals surface area contributed by atoms with E-state index in [0.29, 0.717) is 31.8 Å². The molecule has 0 saturated carbocycles. The number of aliphatic hydroxyl groups is 1. The van der Waals surface area contributed by atoms with Crippen molar-refractivity contribution in [3.8, 4) is 17.2 Å². The predicted octanol–water partition coefficient (Wildman–Crippen LogP) is 5.41. The molecule has 10 N–H and O–H groups in total. The van der Waals surface area contributed by atoms with Crippen LogP contribution in [0.15, 0.2) is 70.4 Å². The number of carbonyl (C=O) groups is 8. The first kappa shape index (κ1) is 79.2. The second kappa shape index (κ2) is 32.7. The van der Waals surface area contributed by atoms with Crippen molar-refractivity contribution in [3.63, 3.8) is 0 Å². The van der Waals surface area contributed by atoms with Crippen molar-refractivity contribution < 1.29 is 116 Å². The van der Waals surface area contributed by atoms with Gasteiger partial charge in [-0.1, -0.05) is 78.8 Å². The van der Waals surface area contributed by atoms with Gasteiger partial charge in [-0.2, -0.15) is 0 Å². The molecule has 5 aliphatic heterocycles. The third-order valence-corrected chi connectivity index (χ3v) is 22.0. The Morgan fingerprint density at radius 2 is 1.51 bits per heavy atom. The lowest BCUT2D eigenvalue weighted by Gasteiger charge is -2.39. The number of aromatic hydroxyl groups is 2. The number of phenols is 2. The highest BCUT2D eigenvalue weighted by Crippen LogP contribution is 2.61. The maximum absolute atomic E-state index is 15.0. The number of ether oxygens (including phenoxy) is 7. The second-order valence-corrected chi connectivity index (χ2v) is 30.4. The van der Waals surface area contributed by atoms with E-state index < -0.39 is 178 Å². The Hall–Kier alpha value is -8.12. The molecule has 8 rings (SSSR count). The number of fused-ring (bicyclic) bond motifs is 13. The molecule has 0 aliphatic carbocycles. The average molecular weight is 1440 g/mol. The van der Waals surface area contributed by atoms with Gasteiger partial charge in [-0.25, -0.2) is 9.79 Å². The van der Waals surface area contributed by atoms with Gasteiger partial charge in [0.1, 0.15) is 52.7 Å². The van der Waals surface area contributed by atoms with Gasteiger partial charge >= 0.3 is 45.0 Å². The number of amides is 4. The summed E-state index contributed by atoms with van der Waals surface area (Å²) in [5, 5.41) is 42.6. The third kappa shape index (κ3) is 18.7. The van der Waals surface area contributed by atoms with Crippen molar-refractivity contribution in [1.29, 1.82) is 0 Å².